The van der Waals surface area contributed by atoms with Crippen LogP contribution < -0.4 is 10.6 Å². The van der Waals surface area contributed by atoms with E-state index in [1.54, 1.807) is 0 Å². The van der Waals surface area contributed by atoms with Gasteiger partial charge in [-0.2, -0.15) is 0 Å². The molecule has 1 unspecified atom stereocenters. The largest absolute Gasteiger partial charge is 0.334 e. The van der Waals surface area contributed by atoms with E-state index in [0.29, 0.717) is 6.42 Å². The van der Waals surface area contributed by atoms with Crippen LogP contribution in [0.2, 0.25) is 0 Å². The molecule has 0 bridgehead atoms. The molecule has 5 nitrogen and oxygen atoms in total. The number of carbonyl (C=O) groups excluding carboxylic acids is 1. The lowest BCUT2D eigenvalue weighted by Crippen LogP contribution is -2.52. The molecule has 0 radical (unpaired) electrons. The van der Waals surface area contributed by atoms with Crippen molar-refractivity contribution in [3.05, 3.63) is 0 Å². The Bertz CT molecular complexity index is 357. The first-order chi connectivity index (χ1) is 7.18. The van der Waals surface area contributed by atoms with Gasteiger partial charge in [0.1, 0.15) is 0 Å². The summed E-state index contributed by atoms with van der Waals surface area (Å²) in [6.07, 6.45) is 1.36. The van der Waals surface area contributed by atoms with Crippen molar-refractivity contribution in [3.63, 3.8) is 0 Å². The van der Waals surface area contributed by atoms with E-state index >= 15 is 0 Å². The Morgan fingerprint density at radius 1 is 1.31 bits per heavy atom. The van der Waals surface area contributed by atoms with Crippen LogP contribution in [0, 0.1) is 0 Å². The molecule has 1 rings (SSSR count). The summed E-state index contributed by atoms with van der Waals surface area (Å²) in [5.41, 5.74) is -0.308. The highest BCUT2D eigenvalue weighted by molar-refractivity contribution is 7.91. The normalized spacial score (nSPS) is 24.8. The van der Waals surface area contributed by atoms with Gasteiger partial charge in [0.15, 0.2) is 9.84 Å². The highest BCUT2D eigenvalue weighted by atomic mass is 32.2. The molecule has 1 atom stereocenters. The zero-order valence-electron chi connectivity index (χ0n) is 10.0. The van der Waals surface area contributed by atoms with Gasteiger partial charge in [0, 0.05) is 11.6 Å². The predicted octanol–water partition coefficient (Wildman–Crippen LogP) is 0.661. The number of rotatable bonds is 1. The minimum Gasteiger partial charge on any atom is -0.334 e. The Balaban J connectivity index is 2.46. The second-order valence-electron chi connectivity index (χ2n) is 5.30. The van der Waals surface area contributed by atoms with E-state index in [1.165, 1.54) is 0 Å². The van der Waals surface area contributed by atoms with Crippen LogP contribution in [-0.4, -0.2) is 37.5 Å². The van der Waals surface area contributed by atoms with Crippen LogP contribution in [0.4, 0.5) is 4.79 Å². The van der Waals surface area contributed by atoms with E-state index in [1.807, 2.05) is 20.8 Å². The van der Waals surface area contributed by atoms with Crippen LogP contribution in [0.25, 0.3) is 0 Å². The maximum atomic E-state index is 11.5. The van der Waals surface area contributed by atoms with Crippen molar-refractivity contribution in [1.82, 2.24) is 10.6 Å². The first-order valence-electron chi connectivity index (χ1n) is 5.47. The third-order valence-electron chi connectivity index (χ3n) is 2.29. The predicted molar refractivity (Wildman–Crippen MR) is 63.1 cm³/mol. The van der Waals surface area contributed by atoms with Crippen molar-refractivity contribution < 1.29 is 13.2 Å². The standard InChI is InChI=1S/C10H20N2O3S/c1-10(2,3)12-9(13)11-8-5-4-6-16(14,15)7-8/h8H,4-7H2,1-3H3,(H2,11,12,13). The van der Waals surface area contributed by atoms with Gasteiger partial charge in [0.05, 0.1) is 11.5 Å². The van der Waals surface area contributed by atoms with E-state index in [4.69, 9.17) is 0 Å². The number of hydrogen-bond donors (Lipinski definition) is 2. The highest BCUT2D eigenvalue weighted by Crippen LogP contribution is 2.12. The summed E-state index contributed by atoms with van der Waals surface area (Å²) in [6, 6.07) is -0.546. The van der Waals surface area contributed by atoms with Crippen LogP contribution in [0.1, 0.15) is 33.6 Å². The Labute approximate surface area is 96.9 Å². The van der Waals surface area contributed by atoms with Crippen LogP contribution in [0.3, 0.4) is 0 Å². The smallest absolute Gasteiger partial charge is 0.315 e. The summed E-state index contributed by atoms with van der Waals surface area (Å²) in [4.78, 5) is 11.5. The Hall–Kier alpha value is -0.780. The van der Waals surface area contributed by atoms with Gasteiger partial charge >= 0.3 is 6.03 Å². The summed E-state index contributed by atoms with van der Waals surface area (Å²) in [6.45, 7) is 5.64. The van der Waals surface area contributed by atoms with E-state index < -0.39 is 9.84 Å². The summed E-state index contributed by atoms with van der Waals surface area (Å²) in [5.74, 6) is 0.302. The zero-order chi connectivity index (χ0) is 12.4. The lowest BCUT2D eigenvalue weighted by Gasteiger charge is -2.26. The molecule has 0 aliphatic carbocycles. The van der Waals surface area contributed by atoms with Crippen molar-refractivity contribution in [2.24, 2.45) is 0 Å². The summed E-state index contributed by atoms with van der Waals surface area (Å²) < 4.78 is 22.7. The van der Waals surface area contributed by atoms with Crippen LogP contribution in [0.15, 0.2) is 0 Å². The van der Waals surface area contributed by atoms with Crippen LogP contribution >= 0.6 is 0 Å². The average Bonchev–Trinajstić information content (AvgIpc) is 1.96. The average molecular weight is 248 g/mol. The van der Waals surface area contributed by atoms with Crippen molar-refractivity contribution in [3.8, 4) is 0 Å². The fourth-order valence-corrected chi connectivity index (χ4v) is 3.33. The molecule has 0 aromatic carbocycles. The van der Waals surface area contributed by atoms with Gasteiger partial charge < -0.3 is 10.6 Å². The van der Waals surface area contributed by atoms with Gasteiger partial charge in [0.2, 0.25) is 0 Å². The van der Waals surface area contributed by atoms with E-state index in [0.717, 1.165) is 6.42 Å². The molecule has 94 valence electrons. The van der Waals surface area contributed by atoms with E-state index in [9.17, 15) is 13.2 Å². The Kier molecular flexibility index (Phi) is 3.83. The first kappa shape index (κ1) is 13.3. The van der Waals surface area contributed by atoms with Crippen LogP contribution in [0.5, 0.6) is 0 Å². The van der Waals surface area contributed by atoms with Gasteiger partial charge in [-0.25, -0.2) is 13.2 Å². The number of amides is 2. The lowest BCUT2D eigenvalue weighted by atomic mass is 10.1. The molecular formula is C10H20N2O3S. The third-order valence-corrected chi connectivity index (χ3v) is 4.11. The summed E-state index contributed by atoms with van der Waals surface area (Å²) >= 11 is 0. The van der Waals surface area contributed by atoms with Crippen molar-refractivity contribution >= 4 is 15.9 Å². The summed E-state index contributed by atoms with van der Waals surface area (Å²) in [5, 5.41) is 5.45. The SMILES string of the molecule is CC(C)(C)NC(=O)NC1CCCS(=O)(=O)C1. The molecule has 0 aromatic heterocycles. The molecular weight excluding hydrogens is 228 g/mol. The molecule has 1 aliphatic rings. The van der Waals surface area contributed by atoms with Gasteiger partial charge in [-0.1, -0.05) is 0 Å². The molecule has 2 amide bonds. The minimum absolute atomic E-state index is 0.0601. The van der Waals surface area contributed by atoms with Gasteiger partial charge in [-0.05, 0) is 33.6 Å². The molecule has 0 saturated carbocycles. The number of urea groups is 1. The second-order valence-corrected chi connectivity index (χ2v) is 7.53. The molecule has 1 heterocycles. The molecule has 0 aromatic rings. The van der Waals surface area contributed by atoms with Gasteiger partial charge in [-0.3, -0.25) is 0 Å². The molecule has 1 saturated heterocycles. The molecule has 1 aliphatic heterocycles. The van der Waals surface area contributed by atoms with E-state index in [2.05, 4.69) is 10.6 Å². The number of hydrogen-bond acceptors (Lipinski definition) is 3. The molecule has 16 heavy (non-hydrogen) atoms. The summed E-state index contributed by atoms with van der Waals surface area (Å²) in [7, 11) is -2.96. The van der Waals surface area contributed by atoms with Gasteiger partial charge in [-0.15, -0.1) is 0 Å². The molecule has 1 fully saturated rings. The lowest BCUT2D eigenvalue weighted by molar-refractivity contribution is 0.228. The van der Waals surface area contributed by atoms with Gasteiger partial charge in [0.25, 0.3) is 0 Å². The topological polar surface area (TPSA) is 75.3 Å². The molecule has 0 spiro atoms. The van der Waals surface area contributed by atoms with Crippen molar-refractivity contribution in [2.75, 3.05) is 11.5 Å². The minimum atomic E-state index is -2.96. The molecule has 2 N–H and O–H groups in total. The maximum Gasteiger partial charge on any atom is 0.315 e. The third kappa shape index (κ3) is 4.83. The quantitative estimate of drug-likeness (QED) is 0.716. The first-order valence-corrected chi connectivity index (χ1v) is 7.29. The van der Waals surface area contributed by atoms with E-state index in [-0.39, 0.29) is 29.1 Å². The number of sulfone groups is 1. The number of carbonyl (C=O) groups is 1. The van der Waals surface area contributed by atoms with Crippen LogP contribution in [-0.2, 0) is 9.84 Å². The number of nitrogens with one attached hydrogen (secondary N) is 2. The molecule has 6 heteroatoms. The Morgan fingerprint density at radius 3 is 2.44 bits per heavy atom. The fourth-order valence-electron chi connectivity index (χ4n) is 1.70. The van der Waals surface area contributed by atoms with Crippen molar-refractivity contribution in [2.45, 2.75) is 45.2 Å². The maximum absolute atomic E-state index is 11.5. The second kappa shape index (κ2) is 4.61. The van der Waals surface area contributed by atoms with Crippen molar-refractivity contribution in [1.29, 1.82) is 0 Å². The Morgan fingerprint density at radius 2 is 1.94 bits per heavy atom. The zero-order valence-corrected chi connectivity index (χ0v) is 10.9. The monoisotopic (exact) mass is 248 g/mol. The fraction of sp³-hybridized carbons (Fsp3) is 0.900. The highest BCUT2D eigenvalue weighted by Gasteiger charge is 2.26.